The number of nitrogens with zero attached hydrogens (tertiary/aromatic N) is 1. The van der Waals surface area contributed by atoms with Crippen molar-refractivity contribution in [1.82, 2.24) is 10.3 Å². The van der Waals surface area contributed by atoms with Crippen molar-refractivity contribution in [3.05, 3.63) is 16.1 Å². The molecule has 0 amide bonds. The Labute approximate surface area is 89.2 Å². The Morgan fingerprint density at radius 3 is 2.93 bits per heavy atom. The summed E-state index contributed by atoms with van der Waals surface area (Å²) in [6.45, 7) is 5.37. The van der Waals surface area contributed by atoms with E-state index in [9.17, 15) is 0 Å². The lowest BCUT2D eigenvalue weighted by Gasteiger charge is -2.10. The van der Waals surface area contributed by atoms with E-state index in [1.54, 1.807) is 11.3 Å². The Morgan fingerprint density at radius 1 is 1.57 bits per heavy atom. The first-order valence-corrected chi connectivity index (χ1v) is 5.88. The normalized spacial score (nSPS) is 13.1. The molecule has 0 aliphatic heterocycles. The molecule has 80 valence electrons. The Kier molecular flexibility index (Phi) is 5.07. The van der Waals surface area contributed by atoms with Gasteiger partial charge in [0.05, 0.1) is 10.7 Å². The van der Waals surface area contributed by atoms with Crippen LogP contribution in [0.25, 0.3) is 0 Å². The number of unbranched alkanes of at least 4 members (excludes halogenated alkanes) is 1. The molecule has 0 aliphatic carbocycles. The number of nitrogens with one attached hydrogen (secondary N) is 1. The monoisotopic (exact) mass is 214 g/mol. The van der Waals surface area contributed by atoms with E-state index in [0.29, 0.717) is 6.04 Å². The molecule has 0 aromatic carbocycles. The summed E-state index contributed by atoms with van der Waals surface area (Å²) in [6, 6.07) is 0.318. The van der Waals surface area contributed by atoms with E-state index < -0.39 is 0 Å². The Balaban J connectivity index is 2.25. The molecule has 3 nitrogen and oxygen atoms in total. The second-order valence-corrected chi connectivity index (χ2v) is 4.46. The third-order valence-electron chi connectivity index (χ3n) is 2.12. The zero-order valence-electron chi connectivity index (χ0n) is 8.79. The lowest BCUT2D eigenvalue weighted by Crippen LogP contribution is -2.20. The number of thiazole rings is 1. The SMILES string of the molecule is Cc1nc(C(C)NCCCCO)cs1. The molecule has 1 aromatic heterocycles. The minimum absolute atomic E-state index is 0.284. The first-order chi connectivity index (χ1) is 6.74. The van der Waals surface area contributed by atoms with Gasteiger partial charge in [0.15, 0.2) is 0 Å². The summed E-state index contributed by atoms with van der Waals surface area (Å²) in [5, 5.41) is 15.2. The van der Waals surface area contributed by atoms with Gasteiger partial charge < -0.3 is 10.4 Å². The molecule has 1 unspecified atom stereocenters. The molecule has 2 N–H and O–H groups in total. The van der Waals surface area contributed by atoms with Crippen LogP contribution in [0.4, 0.5) is 0 Å². The van der Waals surface area contributed by atoms with Gasteiger partial charge in [-0.15, -0.1) is 11.3 Å². The van der Waals surface area contributed by atoms with Crippen molar-refractivity contribution >= 4 is 11.3 Å². The fraction of sp³-hybridized carbons (Fsp3) is 0.700. The van der Waals surface area contributed by atoms with Gasteiger partial charge in [0, 0.05) is 18.0 Å². The molecule has 1 rings (SSSR count). The van der Waals surface area contributed by atoms with Crippen LogP contribution >= 0.6 is 11.3 Å². The van der Waals surface area contributed by atoms with Gasteiger partial charge in [-0.25, -0.2) is 4.98 Å². The predicted molar refractivity (Wildman–Crippen MR) is 59.6 cm³/mol. The van der Waals surface area contributed by atoms with Crippen LogP contribution in [0.1, 0.15) is 36.5 Å². The molecular weight excluding hydrogens is 196 g/mol. The van der Waals surface area contributed by atoms with Gasteiger partial charge in [0.25, 0.3) is 0 Å². The Hall–Kier alpha value is -0.450. The molecule has 0 spiro atoms. The number of hydrogen-bond acceptors (Lipinski definition) is 4. The number of rotatable bonds is 6. The maximum atomic E-state index is 8.61. The average molecular weight is 214 g/mol. The maximum absolute atomic E-state index is 8.61. The van der Waals surface area contributed by atoms with Crippen LogP contribution in [-0.2, 0) is 0 Å². The van der Waals surface area contributed by atoms with E-state index in [2.05, 4.69) is 22.6 Å². The van der Waals surface area contributed by atoms with E-state index in [1.807, 2.05) is 6.92 Å². The fourth-order valence-electron chi connectivity index (χ4n) is 1.24. The third-order valence-corrected chi connectivity index (χ3v) is 2.91. The number of aryl methyl sites for hydroxylation is 1. The molecule has 4 heteroatoms. The van der Waals surface area contributed by atoms with Crippen molar-refractivity contribution in [2.45, 2.75) is 32.7 Å². The van der Waals surface area contributed by atoms with Crippen molar-refractivity contribution in [2.75, 3.05) is 13.2 Å². The van der Waals surface area contributed by atoms with Crippen LogP contribution in [-0.4, -0.2) is 23.2 Å². The largest absolute Gasteiger partial charge is 0.396 e. The summed E-state index contributed by atoms with van der Waals surface area (Å²) < 4.78 is 0. The number of aliphatic hydroxyl groups is 1. The molecule has 1 heterocycles. The fourth-order valence-corrected chi connectivity index (χ4v) is 1.95. The smallest absolute Gasteiger partial charge is 0.0898 e. The zero-order chi connectivity index (χ0) is 10.4. The van der Waals surface area contributed by atoms with Crippen molar-refractivity contribution in [2.24, 2.45) is 0 Å². The molecule has 0 bridgehead atoms. The standard InChI is InChI=1S/C10H18N2OS/c1-8(11-5-3-4-6-13)10-7-14-9(2)12-10/h7-8,11,13H,3-6H2,1-2H3. The Morgan fingerprint density at radius 2 is 2.36 bits per heavy atom. The van der Waals surface area contributed by atoms with Crippen molar-refractivity contribution < 1.29 is 5.11 Å². The molecule has 0 fully saturated rings. The highest BCUT2D eigenvalue weighted by Crippen LogP contribution is 2.15. The highest BCUT2D eigenvalue weighted by molar-refractivity contribution is 7.09. The van der Waals surface area contributed by atoms with E-state index >= 15 is 0 Å². The minimum atomic E-state index is 0.284. The first-order valence-electron chi connectivity index (χ1n) is 5.00. The highest BCUT2D eigenvalue weighted by Gasteiger charge is 2.06. The highest BCUT2D eigenvalue weighted by atomic mass is 32.1. The van der Waals surface area contributed by atoms with E-state index in [0.717, 1.165) is 30.1 Å². The van der Waals surface area contributed by atoms with Crippen LogP contribution in [0.5, 0.6) is 0 Å². The van der Waals surface area contributed by atoms with E-state index in [4.69, 9.17) is 5.11 Å². The molecule has 1 aromatic rings. The number of aliphatic hydroxyl groups excluding tert-OH is 1. The van der Waals surface area contributed by atoms with Gasteiger partial charge >= 0.3 is 0 Å². The lowest BCUT2D eigenvalue weighted by molar-refractivity contribution is 0.283. The summed E-state index contributed by atoms with van der Waals surface area (Å²) >= 11 is 1.69. The van der Waals surface area contributed by atoms with Gasteiger partial charge in [0.2, 0.25) is 0 Å². The van der Waals surface area contributed by atoms with Gasteiger partial charge in [-0.05, 0) is 33.2 Å². The van der Waals surface area contributed by atoms with Crippen LogP contribution in [0.15, 0.2) is 5.38 Å². The minimum Gasteiger partial charge on any atom is -0.396 e. The summed E-state index contributed by atoms with van der Waals surface area (Å²) in [4.78, 5) is 4.42. The summed E-state index contributed by atoms with van der Waals surface area (Å²) in [5.41, 5.74) is 1.12. The summed E-state index contributed by atoms with van der Waals surface area (Å²) in [6.07, 6.45) is 1.89. The van der Waals surface area contributed by atoms with Crippen LogP contribution in [0.2, 0.25) is 0 Å². The average Bonchev–Trinajstić information content (AvgIpc) is 2.59. The molecule has 0 aliphatic rings. The lowest BCUT2D eigenvalue weighted by atomic mass is 10.2. The first kappa shape index (κ1) is 11.6. The molecule has 1 atom stereocenters. The van der Waals surface area contributed by atoms with Gasteiger partial charge in [-0.3, -0.25) is 0 Å². The summed E-state index contributed by atoms with van der Waals surface area (Å²) in [5.74, 6) is 0. The van der Waals surface area contributed by atoms with E-state index in [1.165, 1.54) is 0 Å². The van der Waals surface area contributed by atoms with Crippen molar-refractivity contribution in [1.29, 1.82) is 0 Å². The zero-order valence-corrected chi connectivity index (χ0v) is 9.60. The van der Waals surface area contributed by atoms with Gasteiger partial charge in [-0.2, -0.15) is 0 Å². The van der Waals surface area contributed by atoms with Crippen LogP contribution < -0.4 is 5.32 Å². The topological polar surface area (TPSA) is 45.2 Å². The molecule has 0 saturated carbocycles. The molecular formula is C10H18N2OS. The van der Waals surface area contributed by atoms with E-state index in [-0.39, 0.29) is 6.61 Å². The summed E-state index contributed by atoms with van der Waals surface area (Å²) in [7, 11) is 0. The van der Waals surface area contributed by atoms with Crippen molar-refractivity contribution in [3.8, 4) is 0 Å². The van der Waals surface area contributed by atoms with Gasteiger partial charge in [0.1, 0.15) is 0 Å². The van der Waals surface area contributed by atoms with Crippen LogP contribution in [0, 0.1) is 6.92 Å². The quantitative estimate of drug-likeness (QED) is 0.711. The molecule has 14 heavy (non-hydrogen) atoms. The molecule has 0 saturated heterocycles. The second-order valence-electron chi connectivity index (χ2n) is 3.40. The second kappa shape index (κ2) is 6.11. The Bertz CT molecular complexity index is 262. The van der Waals surface area contributed by atoms with Gasteiger partial charge in [-0.1, -0.05) is 0 Å². The number of aromatic nitrogens is 1. The third kappa shape index (κ3) is 3.74. The predicted octanol–water partition coefficient (Wildman–Crippen LogP) is 1.87. The molecule has 0 radical (unpaired) electrons. The maximum Gasteiger partial charge on any atom is 0.0898 e. The van der Waals surface area contributed by atoms with Crippen LogP contribution in [0.3, 0.4) is 0 Å². The van der Waals surface area contributed by atoms with Crippen molar-refractivity contribution in [3.63, 3.8) is 0 Å². The number of hydrogen-bond donors (Lipinski definition) is 2.